The number of hydrogen-bond acceptors (Lipinski definition) is 5. The van der Waals surface area contributed by atoms with Crippen molar-refractivity contribution in [2.75, 3.05) is 11.5 Å². The minimum absolute atomic E-state index is 0.206. The van der Waals surface area contributed by atoms with Gasteiger partial charge in [-0.05, 0) is 12.8 Å². The van der Waals surface area contributed by atoms with Crippen LogP contribution in [0.2, 0.25) is 0 Å². The molecule has 35 heavy (non-hydrogen) atoms. The Bertz CT molecular complexity index is 588. The van der Waals surface area contributed by atoms with Gasteiger partial charge in [0.1, 0.15) is 0 Å². The Kier molecular flexibility index (Phi) is 24.1. The van der Waals surface area contributed by atoms with E-state index in [1.54, 1.807) is 0 Å². The van der Waals surface area contributed by atoms with Gasteiger partial charge in [-0.15, -0.1) is 3.63 Å². The first-order valence-electron chi connectivity index (χ1n) is 15.0. The molecule has 0 N–H and O–H groups in total. The van der Waals surface area contributed by atoms with Crippen molar-refractivity contribution in [3.05, 3.63) is 0 Å². The fourth-order valence-electron chi connectivity index (χ4n) is 4.47. The third-order valence-electron chi connectivity index (χ3n) is 6.70. The predicted octanol–water partition coefficient (Wildman–Crippen LogP) is 9.06. The minimum Gasteiger partial charge on any atom is -0.198 e. The maximum atomic E-state index is 12.0. The molecule has 0 atom stereocenters. The van der Waals surface area contributed by atoms with Gasteiger partial charge in [-0.25, -0.2) is 0 Å². The lowest BCUT2D eigenvalue weighted by Crippen LogP contribution is -2.19. The second-order valence-electron chi connectivity index (χ2n) is 10.4. The lowest BCUT2D eigenvalue weighted by Gasteiger charge is -2.07. The summed E-state index contributed by atoms with van der Waals surface area (Å²) in [5.41, 5.74) is 0. The van der Waals surface area contributed by atoms with Crippen molar-refractivity contribution >= 4 is 20.2 Å². The van der Waals surface area contributed by atoms with Gasteiger partial charge in [-0.1, -0.05) is 155 Å². The summed E-state index contributed by atoms with van der Waals surface area (Å²) >= 11 is 0. The Hall–Kier alpha value is -0.140. The zero-order valence-corrected chi connectivity index (χ0v) is 24.9. The highest BCUT2D eigenvalue weighted by Crippen LogP contribution is 2.15. The molecule has 0 rings (SSSR count). The SMILES string of the molecule is CCCCCCCCCCCCCCS(=O)(=O)OS(=O)(=O)CCCCCCCCCCCCCC. The molecule has 0 saturated carbocycles. The van der Waals surface area contributed by atoms with Crippen molar-refractivity contribution in [1.29, 1.82) is 0 Å². The van der Waals surface area contributed by atoms with Gasteiger partial charge in [0.05, 0.1) is 11.5 Å². The quantitative estimate of drug-likeness (QED) is 0.0928. The van der Waals surface area contributed by atoms with Crippen LogP contribution in [-0.2, 0) is 23.9 Å². The van der Waals surface area contributed by atoms with E-state index in [1.165, 1.54) is 103 Å². The predicted molar refractivity (Wildman–Crippen MR) is 151 cm³/mol. The number of rotatable bonds is 28. The molecule has 5 nitrogen and oxygen atoms in total. The Labute approximate surface area is 219 Å². The summed E-state index contributed by atoms with van der Waals surface area (Å²) in [5, 5.41) is 0. The van der Waals surface area contributed by atoms with Crippen molar-refractivity contribution in [2.45, 2.75) is 168 Å². The Balaban J connectivity index is 3.64. The van der Waals surface area contributed by atoms with E-state index >= 15 is 0 Å². The largest absolute Gasteiger partial charge is 0.281 e. The third kappa shape index (κ3) is 26.7. The Morgan fingerprint density at radius 1 is 0.343 bits per heavy atom. The van der Waals surface area contributed by atoms with E-state index in [4.69, 9.17) is 0 Å². The van der Waals surface area contributed by atoms with Crippen LogP contribution in [0.15, 0.2) is 0 Å². The van der Waals surface area contributed by atoms with Crippen LogP contribution in [0.3, 0.4) is 0 Å². The molecule has 7 heteroatoms. The molecule has 0 heterocycles. The molecule has 0 amide bonds. The van der Waals surface area contributed by atoms with Crippen LogP contribution in [0.25, 0.3) is 0 Å². The van der Waals surface area contributed by atoms with E-state index in [1.807, 2.05) is 0 Å². The van der Waals surface area contributed by atoms with Crippen LogP contribution in [0.4, 0.5) is 0 Å². The molecular formula is C28H58O5S2. The second kappa shape index (κ2) is 24.2. The van der Waals surface area contributed by atoms with Gasteiger partial charge >= 0.3 is 0 Å². The van der Waals surface area contributed by atoms with Crippen molar-refractivity contribution < 1.29 is 20.5 Å². The van der Waals surface area contributed by atoms with Gasteiger partial charge in [-0.2, -0.15) is 16.8 Å². The zero-order chi connectivity index (χ0) is 26.1. The number of hydrogen-bond donors (Lipinski definition) is 0. The van der Waals surface area contributed by atoms with Crippen LogP contribution in [0, 0.1) is 0 Å². The summed E-state index contributed by atoms with van der Waals surface area (Å²) in [6.45, 7) is 4.47. The molecule has 0 aromatic rings. The average Bonchev–Trinajstić information content (AvgIpc) is 2.79. The molecule has 0 fully saturated rings. The van der Waals surface area contributed by atoms with Crippen LogP contribution in [0.5, 0.6) is 0 Å². The normalized spacial score (nSPS) is 12.4. The molecule has 0 aliphatic rings. The zero-order valence-electron chi connectivity index (χ0n) is 23.2. The molecule has 0 radical (unpaired) electrons. The first-order valence-corrected chi connectivity index (χ1v) is 18.1. The highest BCUT2D eigenvalue weighted by Gasteiger charge is 2.22. The van der Waals surface area contributed by atoms with Crippen LogP contribution in [-0.4, -0.2) is 28.3 Å². The Morgan fingerprint density at radius 3 is 0.771 bits per heavy atom. The topological polar surface area (TPSA) is 77.5 Å². The van der Waals surface area contributed by atoms with E-state index in [-0.39, 0.29) is 11.5 Å². The first-order chi connectivity index (χ1) is 16.8. The van der Waals surface area contributed by atoms with Crippen molar-refractivity contribution in [2.24, 2.45) is 0 Å². The lowest BCUT2D eigenvalue weighted by molar-refractivity contribution is 0.456. The molecule has 0 unspecified atom stereocenters. The van der Waals surface area contributed by atoms with Gasteiger partial charge in [0.25, 0.3) is 20.2 Å². The van der Waals surface area contributed by atoms with Gasteiger partial charge in [0, 0.05) is 0 Å². The third-order valence-corrected chi connectivity index (χ3v) is 9.94. The summed E-state index contributed by atoms with van der Waals surface area (Å²) in [7, 11) is -8.01. The van der Waals surface area contributed by atoms with Crippen LogP contribution in [0.1, 0.15) is 168 Å². The fourth-order valence-corrected chi connectivity index (χ4v) is 7.39. The smallest absolute Gasteiger partial charge is 0.198 e. The molecule has 0 saturated heterocycles. The summed E-state index contributed by atoms with van der Waals surface area (Å²) < 4.78 is 52.8. The molecule has 0 aromatic heterocycles. The highest BCUT2D eigenvalue weighted by molar-refractivity contribution is 7.99. The molecule has 0 bridgehead atoms. The monoisotopic (exact) mass is 538 g/mol. The lowest BCUT2D eigenvalue weighted by atomic mass is 10.1. The maximum Gasteiger partial charge on any atom is 0.281 e. The standard InChI is InChI=1S/C28H58O5S2/c1-3-5-7-9-11-13-15-17-19-21-23-25-27-34(29,30)33-35(31,32)28-26-24-22-20-18-16-14-12-10-8-6-4-2/h3-28H2,1-2H3. The van der Waals surface area contributed by atoms with Gasteiger partial charge < -0.3 is 0 Å². The highest BCUT2D eigenvalue weighted by atomic mass is 32.3. The van der Waals surface area contributed by atoms with Crippen molar-refractivity contribution in [3.63, 3.8) is 0 Å². The van der Waals surface area contributed by atoms with Crippen LogP contribution < -0.4 is 0 Å². The van der Waals surface area contributed by atoms with Gasteiger partial charge in [0.2, 0.25) is 0 Å². The fraction of sp³-hybridized carbons (Fsp3) is 1.00. The van der Waals surface area contributed by atoms with Crippen molar-refractivity contribution in [3.8, 4) is 0 Å². The summed E-state index contributed by atoms with van der Waals surface area (Å²) in [5.74, 6) is -0.412. The molecule has 0 aliphatic carbocycles. The Morgan fingerprint density at radius 2 is 0.543 bits per heavy atom. The van der Waals surface area contributed by atoms with E-state index in [2.05, 4.69) is 17.5 Å². The molecule has 0 aliphatic heterocycles. The van der Waals surface area contributed by atoms with Gasteiger partial charge in [-0.3, -0.25) is 0 Å². The van der Waals surface area contributed by atoms with E-state index in [0.717, 1.165) is 38.5 Å². The molecule has 0 spiro atoms. The summed E-state index contributed by atoms with van der Waals surface area (Å²) in [4.78, 5) is 0. The van der Waals surface area contributed by atoms with E-state index in [0.29, 0.717) is 12.8 Å². The maximum absolute atomic E-state index is 12.0. The first kappa shape index (κ1) is 34.9. The molecule has 0 aromatic carbocycles. The second-order valence-corrected chi connectivity index (χ2v) is 14.0. The van der Waals surface area contributed by atoms with Crippen LogP contribution >= 0.6 is 0 Å². The number of unbranched alkanes of at least 4 members (excludes halogenated alkanes) is 22. The average molecular weight is 539 g/mol. The van der Waals surface area contributed by atoms with Crippen molar-refractivity contribution in [1.82, 2.24) is 0 Å². The van der Waals surface area contributed by atoms with E-state index in [9.17, 15) is 16.8 Å². The van der Waals surface area contributed by atoms with Gasteiger partial charge in [0.15, 0.2) is 0 Å². The molecule has 212 valence electrons. The summed E-state index contributed by atoms with van der Waals surface area (Å²) in [6.07, 6.45) is 27.5. The van der Waals surface area contributed by atoms with E-state index < -0.39 is 20.2 Å². The minimum atomic E-state index is -4.01. The summed E-state index contributed by atoms with van der Waals surface area (Å²) in [6, 6.07) is 0. The molecular weight excluding hydrogens is 480 g/mol.